The van der Waals surface area contributed by atoms with Crippen LogP contribution in [0, 0.1) is 17.8 Å². The van der Waals surface area contributed by atoms with Crippen molar-refractivity contribution in [1.29, 1.82) is 0 Å². The minimum absolute atomic E-state index is 0.858. The SMILES string of the molecule is CC1C2CCCCC1C1CCCCC1N2. The Labute approximate surface area is 94.0 Å². The lowest BCUT2D eigenvalue weighted by Gasteiger charge is -2.48. The van der Waals surface area contributed by atoms with Gasteiger partial charge in [-0.25, -0.2) is 0 Å². The Morgan fingerprint density at radius 1 is 0.733 bits per heavy atom. The number of fused-ring (bicyclic) bond motifs is 4. The van der Waals surface area contributed by atoms with Gasteiger partial charge >= 0.3 is 0 Å². The highest BCUT2D eigenvalue weighted by Crippen LogP contribution is 2.44. The average Bonchev–Trinajstić information content (AvgIpc) is 2.39. The van der Waals surface area contributed by atoms with Gasteiger partial charge in [0.1, 0.15) is 0 Å². The van der Waals surface area contributed by atoms with E-state index < -0.39 is 0 Å². The molecule has 2 aliphatic carbocycles. The lowest BCUT2D eigenvalue weighted by molar-refractivity contribution is 0.0604. The van der Waals surface area contributed by atoms with E-state index in [1.165, 1.54) is 51.4 Å². The van der Waals surface area contributed by atoms with Crippen LogP contribution in [-0.2, 0) is 0 Å². The van der Waals surface area contributed by atoms with E-state index in [9.17, 15) is 0 Å². The van der Waals surface area contributed by atoms with Crippen LogP contribution in [0.4, 0.5) is 0 Å². The summed E-state index contributed by atoms with van der Waals surface area (Å²) in [6.07, 6.45) is 11.9. The van der Waals surface area contributed by atoms with Crippen LogP contribution >= 0.6 is 0 Å². The zero-order valence-corrected chi connectivity index (χ0v) is 10.0. The molecule has 1 heteroatoms. The first kappa shape index (κ1) is 10.1. The monoisotopic (exact) mass is 207 g/mol. The van der Waals surface area contributed by atoms with Gasteiger partial charge in [0, 0.05) is 12.1 Å². The predicted molar refractivity (Wildman–Crippen MR) is 63.8 cm³/mol. The molecular weight excluding hydrogens is 182 g/mol. The second kappa shape index (κ2) is 4.08. The Kier molecular flexibility index (Phi) is 2.76. The minimum atomic E-state index is 0.858. The van der Waals surface area contributed by atoms with Crippen molar-refractivity contribution >= 4 is 0 Å². The van der Waals surface area contributed by atoms with E-state index in [4.69, 9.17) is 0 Å². The zero-order chi connectivity index (χ0) is 10.3. The van der Waals surface area contributed by atoms with Gasteiger partial charge in [-0.05, 0) is 43.4 Å². The Morgan fingerprint density at radius 3 is 2.13 bits per heavy atom. The lowest BCUT2D eigenvalue weighted by atomic mass is 9.66. The molecular formula is C14H25N. The smallest absolute Gasteiger partial charge is 0.0101 e. The summed E-state index contributed by atoms with van der Waals surface area (Å²) in [6.45, 7) is 2.51. The van der Waals surface area contributed by atoms with Crippen LogP contribution in [0.1, 0.15) is 58.3 Å². The van der Waals surface area contributed by atoms with Crippen LogP contribution < -0.4 is 5.32 Å². The molecule has 3 aliphatic rings. The van der Waals surface area contributed by atoms with Gasteiger partial charge in [0.05, 0.1) is 0 Å². The molecule has 0 aromatic heterocycles. The van der Waals surface area contributed by atoms with Gasteiger partial charge in [-0.1, -0.05) is 32.6 Å². The van der Waals surface area contributed by atoms with Gasteiger partial charge in [0.15, 0.2) is 0 Å². The highest BCUT2D eigenvalue weighted by Gasteiger charge is 2.43. The fraction of sp³-hybridized carbons (Fsp3) is 1.00. The van der Waals surface area contributed by atoms with E-state index in [1.807, 2.05) is 0 Å². The highest BCUT2D eigenvalue weighted by atomic mass is 15.0. The van der Waals surface area contributed by atoms with Gasteiger partial charge in [0.25, 0.3) is 0 Å². The standard InChI is InChI=1S/C14H25N/c1-10-11-6-2-4-8-13(10)15-14-9-5-3-7-12(11)14/h10-15H,2-9H2,1H3. The topological polar surface area (TPSA) is 12.0 Å². The van der Waals surface area contributed by atoms with Gasteiger partial charge < -0.3 is 5.32 Å². The largest absolute Gasteiger partial charge is 0.311 e. The Balaban J connectivity index is 1.82. The molecule has 1 N–H and O–H groups in total. The van der Waals surface area contributed by atoms with Crippen molar-refractivity contribution < 1.29 is 0 Å². The van der Waals surface area contributed by atoms with Crippen molar-refractivity contribution in [2.45, 2.75) is 70.4 Å². The molecule has 3 fully saturated rings. The number of hydrogen-bond acceptors (Lipinski definition) is 1. The molecule has 5 unspecified atom stereocenters. The Hall–Kier alpha value is -0.0400. The second-order valence-corrected chi connectivity index (χ2v) is 6.14. The third-order valence-electron chi connectivity index (χ3n) is 5.41. The molecule has 0 amide bonds. The van der Waals surface area contributed by atoms with E-state index in [0.717, 1.165) is 29.8 Å². The van der Waals surface area contributed by atoms with E-state index in [-0.39, 0.29) is 0 Å². The van der Waals surface area contributed by atoms with E-state index in [0.29, 0.717) is 0 Å². The van der Waals surface area contributed by atoms with Crippen molar-refractivity contribution in [2.24, 2.45) is 17.8 Å². The summed E-state index contributed by atoms with van der Waals surface area (Å²) in [5.41, 5.74) is 0. The molecule has 0 aromatic carbocycles. The third kappa shape index (κ3) is 1.73. The summed E-state index contributed by atoms with van der Waals surface area (Å²) < 4.78 is 0. The molecule has 3 rings (SSSR count). The predicted octanol–water partition coefficient (Wildman–Crippen LogP) is 3.34. The highest BCUT2D eigenvalue weighted by molar-refractivity contribution is 4.98. The summed E-state index contributed by atoms with van der Waals surface area (Å²) in [7, 11) is 0. The molecule has 5 atom stereocenters. The van der Waals surface area contributed by atoms with Gasteiger partial charge in [-0.15, -0.1) is 0 Å². The van der Waals surface area contributed by atoms with Gasteiger partial charge in [0.2, 0.25) is 0 Å². The maximum absolute atomic E-state index is 3.98. The first-order valence-corrected chi connectivity index (χ1v) is 7.12. The van der Waals surface area contributed by atoms with Crippen LogP contribution in [0.2, 0.25) is 0 Å². The summed E-state index contributed by atoms with van der Waals surface area (Å²) in [5, 5.41) is 3.98. The fourth-order valence-corrected chi connectivity index (χ4v) is 4.56. The van der Waals surface area contributed by atoms with Crippen molar-refractivity contribution in [3.05, 3.63) is 0 Å². The van der Waals surface area contributed by atoms with Gasteiger partial charge in [-0.3, -0.25) is 0 Å². The molecule has 2 saturated carbocycles. The maximum Gasteiger partial charge on any atom is 0.0101 e. The second-order valence-electron chi connectivity index (χ2n) is 6.14. The fourth-order valence-electron chi connectivity index (χ4n) is 4.56. The summed E-state index contributed by atoms with van der Waals surface area (Å²) >= 11 is 0. The molecule has 0 radical (unpaired) electrons. The lowest BCUT2D eigenvalue weighted by Crippen LogP contribution is -2.56. The molecule has 15 heavy (non-hydrogen) atoms. The van der Waals surface area contributed by atoms with Crippen LogP contribution in [0.3, 0.4) is 0 Å². The molecule has 0 spiro atoms. The number of hydrogen-bond donors (Lipinski definition) is 1. The minimum Gasteiger partial charge on any atom is -0.311 e. The summed E-state index contributed by atoms with van der Waals surface area (Å²) in [6, 6.07) is 1.75. The molecule has 86 valence electrons. The molecule has 0 aromatic rings. The first-order chi connectivity index (χ1) is 7.36. The van der Waals surface area contributed by atoms with E-state index in [2.05, 4.69) is 12.2 Å². The summed E-state index contributed by atoms with van der Waals surface area (Å²) in [5.74, 6) is 3.04. The third-order valence-corrected chi connectivity index (χ3v) is 5.41. The Bertz CT molecular complexity index is 225. The van der Waals surface area contributed by atoms with E-state index >= 15 is 0 Å². The summed E-state index contributed by atoms with van der Waals surface area (Å²) in [4.78, 5) is 0. The Morgan fingerprint density at radius 2 is 1.33 bits per heavy atom. The average molecular weight is 207 g/mol. The molecule has 2 bridgehead atoms. The van der Waals surface area contributed by atoms with Crippen LogP contribution in [-0.4, -0.2) is 12.1 Å². The molecule has 1 saturated heterocycles. The maximum atomic E-state index is 3.98. The number of rotatable bonds is 0. The van der Waals surface area contributed by atoms with Crippen molar-refractivity contribution in [1.82, 2.24) is 5.32 Å². The van der Waals surface area contributed by atoms with Crippen molar-refractivity contribution in [3.63, 3.8) is 0 Å². The van der Waals surface area contributed by atoms with Gasteiger partial charge in [-0.2, -0.15) is 0 Å². The van der Waals surface area contributed by atoms with Crippen LogP contribution in [0.15, 0.2) is 0 Å². The quantitative estimate of drug-likeness (QED) is 0.642. The first-order valence-electron chi connectivity index (χ1n) is 7.12. The molecule has 1 nitrogen and oxygen atoms in total. The van der Waals surface area contributed by atoms with E-state index in [1.54, 1.807) is 0 Å². The molecule has 1 aliphatic heterocycles. The zero-order valence-electron chi connectivity index (χ0n) is 10.0. The van der Waals surface area contributed by atoms with Crippen LogP contribution in [0.5, 0.6) is 0 Å². The van der Waals surface area contributed by atoms with Crippen molar-refractivity contribution in [3.8, 4) is 0 Å². The molecule has 1 heterocycles. The normalized spacial score (nSPS) is 50.6. The number of piperidine rings is 1. The van der Waals surface area contributed by atoms with Crippen LogP contribution in [0.25, 0.3) is 0 Å². The number of nitrogens with one attached hydrogen (secondary N) is 1. The van der Waals surface area contributed by atoms with Crippen molar-refractivity contribution in [2.75, 3.05) is 0 Å².